The number of halogens is 1. The van der Waals surface area contributed by atoms with Crippen molar-refractivity contribution >= 4 is 29.2 Å². The first-order chi connectivity index (χ1) is 13.2. The highest BCUT2D eigenvalue weighted by atomic mass is 35.5. The third-order valence-electron chi connectivity index (χ3n) is 4.30. The van der Waals surface area contributed by atoms with Crippen molar-refractivity contribution in [1.29, 1.82) is 0 Å². The molecule has 0 radical (unpaired) electrons. The van der Waals surface area contributed by atoms with Crippen LogP contribution < -0.4 is 10.1 Å². The molecule has 150 valence electrons. The third kappa shape index (κ3) is 5.49. The monoisotopic (exact) mass is 403 g/mol. The van der Waals surface area contributed by atoms with Gasteiger partial charge in [0, 0.05) is 5.69 Å². The van der Waals surface area contributed by atoms with Crippen molar-refractivity contribution in [3.05, 3.63) is 58.6 Å². The number of ether oxygens (including phenoxy) is 2. The van der Waals surface area contributed by atoms with Gasteiger partial charge in [-0.25, -0.2) is 4.79 Å². The minimum Gasteiger partial charge on any atom is -0.481 e. The number of benzene rings is 2. The van der Waals surface area contributed by atoms with Gasteiger partial charge in [0.1, 0.15) is 5.75 Å². The second-order valence-electron chi connectivity index (χ2n) is 7.46. The lowest BCUT2D eigenvalue weighted by Gasteiger charge is -2.21. The molecule has 2 aromatic rings. The molecule has 6 heteroatoms. The minimum atomic E-state index is -0.669. The normalized spacial score (nSPS) is 12.2. The Balaban J connectivity index is 2.10. The number of anilines is 1. The Morgan fingerprint density at radius 2 is 1.75 bits per heavy atom. The van der Waals surface area contributed by atoms with Crippen LogP contribution in [0.5, 0.6) is 5.75 Å². The number of amides is 1. The number of hydrogen-bond donors (Lipinski definition) is 1. The van der Waals surface area contributed by atoms with Gasteiger partial charge in [0.25, 0.3) is 5.91 Å². The first-order valence-electron chi connectivity index (χ1n) is 9.11. The van der Waals surface area contributed by atoms with Crippen molar-refractivity contribution in [2.75, 3.05) is 12.4 Å². The lowest BCUT2D eigenvalue weighted by molar-refractivity contribution is -0.122. The Bertz CT molecular complexity index is 841. The summed E-state index contributed by atoms with van der Waals surface area (Å²) in [5.74, 6) is -0.245. The SMILES string of the molecule is CC[C@H](Oc1ccc(C(C)(C)C)cc1)C(=O)Nc1ccc(Cl)c(C(=O)OC)c1. The molecule has 0 spiro atoms. The zero-order chi connectivity index (χ0) is 20.9. The van der Waals surface area contributed by atoms with Gasteiger partial charge in [-0.2, -0.15) is 0 Å². The summed E-state index contributed by atoms with van der Waals surface area (Å²) in [4.78, 5) is 24.4. The maximum absolute atomic E-state index is 12.6. The first-order valence-corrected chi connectivity index (χ1v) is 9.49. The highest BCUT2D eigenvalue weighted by Gasteiger charge is 2.20. The maximum atomic E-state index is 12.6. The molecule has 0 saturated heterocycles. The van der Waals surface area contributed by atoms with Gasteiger partial charge in [0.15, 0.2) is 6.10 Å². The van der Waals surface area contributed by atoms with Crippen LogP contribution >= 0.6 is 11.6 Å². The smallest absolute Gasteiger partial charge is 0.339 e. The molecule has 0 bridgehead atoms. The number of hydrogen-bond acceptors (Lipinski definition) is 4. The highest BCUT2D eigenvalue weighted by molar-refractivity contribution is 6.33. The largest absolute Gasteiger partial charge is 0.481 e. The van der Waals surface area contributed by atoms with E-state index in [1.54, 1.807) is 6.07 Å². The minimum absolute atomic E-state index is 0.0476. The van der Waals surface area contributed by atoms with Crippen molar-refractivity contribution in [3.63, 3.8) is 0 Å². The summed E-state index contributed by atoms with van der Waals surface area (Å²) in [7, 11) is 1.27. The Kier molecular flexibility index (Phi) is 7.08. The molecule has 5 nitrogen and oxygen atoms in total. The number of nitrogens with one attached hydrogen (secondary N) is 1. The van der Waals surface area contributed by atoms with Crippen LogP contribution in [-0.4, -0.2) is 25.1 Å². The summed E-state index contributed by atoms with van der Waals surface area (Å²) in [5, 5.41) is 3.02. The quantitative estimate of drug-likeness (QED) is 0.671. The summed E-state index contributed by atoms with van der Waals surface area (Å²) >= 11 is 6.01. The lowest BCUT2D eigenvalue weighted by Crippen LogP contribution is -2.32. The lowest BCUT2D eigenvalue weighted by atomic mass is 9.87. The topological polar surface area (TPSA) is 64.6 Å². The summed E-state index contributed by atoms with van der Waals surface area (Å²) in [5.41, 5.74) is 1.87. The van der Waals surface area contributed by atoms with Crippen LogP contribution in [0.15, 0.2) is 42.5 Å². The standard InChI is InChI=1S/C22H26ClNO4/c1-6-19(28-16-10-7-14(8-11-16)22(2,3)4)20(25)24-15-9-12-18(23)17(13-15)21(26)27-5/h7-13,19H,6H2,1-5H3,(H,24,25)/t19-/m0/s1. The van der Waals surface area contributed by atoms with E-state index in [-0.39, 0.29) is 21.9 Å². The van der Waals surface area contributed by atoms with Crippen LogP contribution in [0.3, 0.4) is 0 Å². The van der Waals surface area contributed by atoms with E-state index >= 15 is 0 Å². The molecule has 0 aliphatic rings. The van der Waals surface area contributed by atoms with E-state index < -0.39 is 12.1 Å². The maximum Gasteiger partial charge on any atom is 0.339 e. The molecule has 0 aromatic heterocycles. The molecule has 0 unspecified atom stereocenters. The van der Waals surface area contributed by atoms with Crippen LogP contribution in [0.1, 0.15) is 50.0 Å². The second-order valence-corrected chi connectivity index (χ2v) is 7.87. The Morgan fingerprint density at radius 3 is 2.29 bits per heavy atom. The van der Waals surface area contributed by atoms with Crippen LogP contribution in [0.4, 0.5) is 5.69 Å². The molecule has 0 fully saturated rings. The van der Waals surface area contributed by atoms with E-state index in [2.05, 4.69) is 26.1 Å². The molecule has 1 atom stereocenters. The molecule has 2 rings (SSSR count). The molecule has 0 saturated carbocycles. The first kappa shape index (κ1) is 21.8. The zero-order valence-corrected chi connectivity index (χ0v) is 17.6. The van der Waals surface area contributed by atoms with Crippen molar-refractivity contribution in [2.45, 2.75) is 45.6 Å². The van der Waals surface area contributed by atoms with Crippen molar-refractivity contribution in [2.24, 2.45) is 0 Å². The molecular weight excluding hydrogens is 378 g/mol. The number of esters is 1. The van der Waals surface area contributed by atoms with Crippen LogP contribution in [0.2, 0.25) is 5.02 Å². The van der Waals surface area contributed by atoms with Gasteiger partial charge in [0.2, 0.25) is 0 Å². The van der Waals surface area contributed by atoms with Crippen LogP contribution in [-0.2, 0) is 14.9 Å². The van der Waals surface area contributed by atoms with Gasteiger partial charge in [-0.1, -0.05) is 51.4 Å². The van der Waals surface area contributed by atoms with Gasteiger partial charge in [-0.05, 0) is 47.7 Å². The van der Waals surface area contributed by atoms with E-state index in [9.17, 15) is 9.59 Å². The van der Waals surface area contributed by atoms with E-state index in [4.69, 9.17) is 21.1 Å². The van der Waals surface area contributed by atoms with Gasteiger partial charge >= 0.3 is 5.97 Å². The number of carbonyl (C=O) groups excluding carboxylic acids is 2. The van der Waals surface area contributed by atoms with E-state index in [1.807, 2.05) is 31.2 Å². The van der Waals surface area contributed by atoms with Gasteiger partial charge in [0.05, 0.1) is 17.7 Å². The molecule has 1 amide bonds. The van der Waals surface area contributed by atoms with Gasteiger partial charge < -0.3 is 14.8 Å². The Morgan fingerprint density at radius 1 is 1.11 bits per heavy atom. The average molecular weight is 404 g/mol. The zero-order valence-electron chi connectivity index (χ0n) is 16.8. The molecule has 0 aliphatic carbocycles. The van der Waals surface area contributed by atoms with E-state index in [0.717, 1.165) is 0 Å². The Hall–Kier alpha value is -2.53. The molecule has 1 N–H and O–H groups in total. The summed E-state index contributed by atoms with van der Waals surface area (Å²) < 4.78 is 10.6. The summed E-state index contributed by atoms with van der Waals surface area (Å²) in [6.45, 7) is 8.29. The number of carbonyl (C=O) groups is 2. The number of rotatable bonds is 6. The van der Waals surface area contributed by atoms with Gasteiger partial charge in [-0.15, -0.1) is 0 Å². The predicted molar refractivity (Wildman–Crippen MR) is 111 cm³/mol. The molecule has 0 heterocycles. The van der Waals surface area contributed by atoms with Crippen LogP contribution in [0, 0.1) is 0 Å². The van der Waals surface area contributed by atoms with E-state index in [1.165, 1.54) is 24.8 Å². The summed E-state index contributed by atoms with van der Waals surface area (Å²) in [6.07, 6.45) is -0.178. The predicted octanol–water partition coefficient (Wildman–Crippen LogP) is 5.22. The van der Waals surface area contributed by atoms with Gasteiger partial charge in [-0.3, -0.25) is 4.79 Å². The second kappa shape index (κ2) is 9.11. The number of methoxy groups -OCH3 is 1. The fourth-order valence-electron chi connectivity index (χ4n) is 2.61. The van der Waals surface area contributed by atoms with E-state index in [0.29, 0.717) is 17.9 Å². The highest BCUT2D eigenvalue weighted by Crippen LogP contribution is 2.25. The fraction of sp³-hybridized carbons (Fsp3) is 0.364. The van der Waals surface area contributed by atoms with Crippen molar-refractivity contribution in [3.8, 4) is 5.75 Å². The van der Waals surface area contributed by atoms with Crippen molar-refractivity contribution in [1.82, 2.24) is 0 Å². The molecule has 0 aliphatic heterocycles. The molecular formula is C22H26ClNO4. The average Bonchev–Trinajstić information content (AvgIpc) is 2.66. The Labute approximate surface area is 171 Å². The molecule has 2 aromatic carbocycles. The van der Waals surface area contributed by atoms with Crippen LogP contribution in [0.25, 0.3) is 0 Å². The third-order valence-corrected chi connectivity index (χ3v) is 4.63. The summed E-state index contributed by atoms with van der Waals surface area (Å²) in [6, 6.07) is 12.4. The fourth-order valence-corrected chi connectivity index (χ4v) is 2.81. The van der Waals surface area contributed by atoms with Crippen molar-refractivity contribution < 1.29 is 19.1 Å². The molecule has 28 heavy (non-hydrogen) atoms.